The zero-order valence-electron chi connectivity index (χ0n) is 10.4. The summed E-state index contributed by atoms with van der Waals surface area (Å²) < 4.78 is 0. The van der Waals surface area contributed by atoms with E-state index in [1.807, 2.05) is 0 Å². The molecule has 6 heteroatoms. The molecule has 5 nitrogen and oxygen atoms in total. The van der Waals surface area contributed by atoms with Gasteiger partial charge in [0, 0.05) is 12.7 Å². The number of hydrogen-bond donors (Lipinski definition) is 3. The Kier molecular flexibility index (Phi) is 6.01. The van der Waals surface area contributed by atoms with E-state index in [9.17, 15) is 19.8 Å². The first-order valence-electron chi connectivity index (χ1n) is 5.70. The molecular formula is C13H16O5S. The third kappa shape index (κ3) is 5.42. The Morgan fingerprint density at radius 2 is 1.79 bits per heavy atom. The number of thioether (sulfide) groups is 1. The number of carboxylic acid groups (broad SMARTS) is 1. The van der Waals surface area contributed by atoms with Gasteiger partial charge in [-0.25, -0.2) is 0 Å². The molecule has 0 aromatic heterocycles. The molecule has 104 valence electrons. The van der Waals surface area contributed by atoms with Crippen LogP contribution in [0.1, 0.15) is 24.2 Å². The summed E-state index contributed by atoms with van der Waals surface area (Å²) in [4.78, 5) is 21.3. The van der Waals surface area contributed by atoms with E-state index < -0.39 is 18.2 Å². The number of hydrogen-bond acceptors (Lipinski definition) is 5. The Balaban J connectivity index is 2.63. The Labute approximate surface area is 115 Å². The standard InChI is InChI=1S/C13H16O5S/c1-8(14)19-7-11(15)13(18)10-4-2-9(3-5-10)6-12(16)17/h2-5,11,13,15,18H,6-7H2,1H3,(H,16,17). The molecule has 1 aromatic carbocycles. The fourth-order valence-electron chi connectivity index (χ4n) is 1.52. The first-order valence-corrected chi connectivity index (χ1v) is 6.69. The third-order valence-corrected chi connectivity index (χ3v) is 3.41. The molecule has 19 heavy (non-hydrogen) atoms. The highest BCUT2D eigenvalue weighted by Crippen LogP contribution is 2.20. The van der Waals surface area contributed by atoms with E-state index >= 15 is 0 Å². The highest BCUT2D eigenvalue weighted by atomic mass is 32.2. The van der Waals surface area contributed by atoms with Crippen LogP contribution in [0.3, 0.4) is 0 Å². The molecule has 0 saturated carbocycles. The van der Waals surface area contributed by atoms with Gasteiger partial charge in [0.1, 0.15) is 6.10 Å². The SMILES string of the molecule is CC(=O)SCC(O)C(O)c1ccc(CC(=O)O)cc1. The minimum absolute atomic E-state index is 0.0842. The largest absolute Gasteiger partial charge is 0.481 e. The topological polar surface area (TPSA) is 94.8 Å². The van der Waals surface area contributed by atoms with E-state index in [4.69, 9.17) is 5.11 Å². The summed E-state index contributed by atoms with van der Waals surface area (Å²) in [6.07, 6.45) is -2.22. The zero-order valence-corrected chi connectivity index (χ0v) is 11.3. The van der Waals surface area contributed by atoms with Crippen molar-refractivity contribution in [1.29, 1.82) is 0 Å². The van der Waals surface area contributed by atoms with Crippen molar-refractivity contribution in [1.82, 2.24) is 0 Å². The monoisotopic (exact) mass is 284 g/mol. The second-order valence-electron chi connectivity index (χ2n) is 4.13. The number of rotatable bonds is 6. The van der Waals surface area contributed by atoms with Gasteiger partial charge in [0.25, 0.3) is 0 Å². The minimum atomic E-state index is -1.09. The summed E-state index contributed by atoms with van der Waals surface area (Å²) >= 11 is 0.947. The van der Waals surface area contributed by atoms with Crippen LogP contribution in [0.5, 0.6) is 0 Å². The van der Waals surface area contributed by atoms with Crippen molar-refractivity contribution >= 4 is 22.8 Å². The third-order valence-electron chi connectivity index (χ3n) is 2.50. The van der Waals surface area contributed by atoms with E-state index in [1.165, 1.54) is 6.92 Å². The van der Waals surface area contributed by atoms with Crippen LogP contribution in [-0.4, -0.2) is 38.3 Å². The van der Waals surface area contributed by atoms with Crippen LogP contribution in [0, 0.1) is 0 Å². The van der Waals surface area contributed by atoms with Crippen molar-refractivity contribution in [3.8, 4) is 0 Å². The maximum Gasteiger partial charge on any atom is 0.307 e. The molecule has 0 fully saturated rings. The smallest absolute Gasteiger partial charge is 0.307 e. The van der Waals surface area contributed by atoms with E-state index in [2.05, 4.69) is 0 Å². The van der Waals surface area contributed by atoms with Crippen LogP contribution in [0.25, 0.3) is 0 Å². The summed E-state index contributed by atoms with van der Waals surface area (Å²) in [7, 11) is 0. The van der Waals surface area contributed by atoms with Crippen LogP contribution in [0.2, 0.25) is 0 Å². The van der Waals surface area contributed by atoms with Crippen molar-refractivity contribution in [2.24, 2.45) is 0 Å². The normalized spacial score (nSPS) is 13.8. The van der Waals surface area contributed by atoms with Crippen LogP contribution >= 0.6 is 11.8 Å². The van der Waals surface area contributed by atoms with Crippen LogP contribution < -0.4 is 0 Å². The summed E-state index contributed by atoms with van der Waals surface area (Å²) in [6, 6.07) is 6.34. The molecule has 1 aromatic rings. The molecule has 0 aliphatic heterocycles. The van der Waals surface area contributed by atoms with Gasteiger partial charge in [-0.15, -0.1) is 0 Å². The van der Waals surface area contributed by atoms with Gasteiger partial charge >= 0.3 is 5.97 Å². The lowest BCUT2D eigenvalue weighted by atomic mass is 10.0. The van der Waals surface area contributed by atoms with Crippen molar-refractivity contribution < 1.29 is 24.9 Å². The molecule has 0 spiro atoms. The summed E-state index contributed by atoms with van der Waals surface area (Å²) in [5.74, 6) is -0.806. The predicted molar refractivity (Wildman–Crippen MR) is 71.9 cm³/mol. The van der Waals surface area contributed by atoms with Gasteiger partial charge in [0.05, 0.1) is 12.5 Å². The van der Waals surface area contributed by atoms with Crippen molar-refractivity contribution in [2.75, 3.05) is 5.75 Å². The summed E-state index contributed by atoms with van der Waals surface area (Å²) in [6.45, 7) is 1.39. The van der Waals surface area contributed by atoms with Gasteiger partial charge in [-0.2, -0.15) is 0 Å². The van der Waals surface area contributed by atoms with Crippen molar-refractivity contribution in [3.05, 3.63) is 35.4 Å². The summed E-state index contributed by atoms with van der Waals surface area (Å²) in [5, 5.41) is 28.1. The Morgan fingerprint density at radius 1 is 1.21 bits per heavy atom. The maximum absolute atomic E-state index is 10.8. The molecule has 3 N–H and O–H groups in total. The first-order chi connectivity index (χ1) is 8.90. The lowest BCUT2D eigenvalue weighted by Crippen LogP contribution is -2.21. The van der Waals surface area contributed by atoms with Crippen molar-refractivity contribution in [3.63, 3.8) is 0 Å². The summed E-state index contributed by atoms with van der Waals surface area (Å²) in [5.41, 5.74) is 1.11. The molecule has 2 unspecified atom stereocenters. The highest BCUT2D eigenvalue weighted by Gasteiger charge is 2.19. The second-order valence-corrected chi connectivity index (χ2v) is 5.32. The van der Waals surface area contributed by atoms with Gasteiger partial charge in [0.2, 0.25) is 0 Å². The molecule has 0 aliphatic rings. The Morgan fingerprint density at radius 3 is 2.26 bits per heavy atom. The minimum Gasteiger partial charge on any atom is -0.481 e. The molecule has 0 bridgehead atoms. The lowest BCUT2D eigenvalue weighted by molar-refractivity contribution is -0.136. The van der Waals surface area contributed by atoms with Crippen LogP contribution in [-0.2, 0) is 16.0 Å². The number of aliphatic carboxylic acids is 1. The molecular weight excluding hydrogens is 268 g/mol. The average Bonchev–Trinajstić information content (AvgIpc) is 2.35. The molecule has 1 rings (SSSR count). The molecule has 0 heterocycles. The van der Waals surface area contributed by atoms with E-state index in [1.54, 1.807) is 24.3 Å². The van der Waals surface area contributed by atoms with E-state index in [0.29, 0.717) is 11.1 Å². The zero-order chi connectivity index (χ0) is 14.4. The number of benzene rings is 1. The average molecular weight is 284 g/mol. The molecule has 2 atom stereocenters. The Hall–Kier alpha value is -1.37. The van der Waals surface area contributed by atoms with E-state index in [-0.39, 0.29) is 17.3 Å². The second kappa shape index (κ2) is 7.28. The highest BCUT2D eigenvalue weighted by molar-refractivity contribution is 8.13. The van der Waals surface area contributed by atoms with Gasteiger partial charge in [-0.1, -0.05) is 36.0 Å². The number of aliphatic hydroxyl groups is 2. The predicted octanol–water partition coefficient (Wildman–Crippen LogP) is 0.988. The quantitative estimate of drug-likeness (QED) is 0.721. The first kappa shape index (κ1) is 15.7. The lowest BCUT2D eigenvalue weighted by Gasteiger charge is -2.17. The number of carbonyl (C=O) groups excluding carboxylic acids is 1. The van der Waals surface area contributed by atoms with E-state index in [0.717, 1.165) is 11.8 Å². The fraction of sp³-hybridized carbons (Fsp3) is 0.385. The van der Waals surface area contributed by atoms with Crippen LogP contribution in [0.4, 0.5) is 0 Å². The van der Waals surface area contributed by atoms with Crippen LogP contribution in [0.15, 0.2) is 24.3 Å². The molecule has 0 amide bonds. The molecule has 0 aliphatic carbocycles. The Bertz CT molecular complexity index is 443. The van der Waals surface area contributed by atoms with Gasteiger partial charge < -0.3 is 15.3 Å². The van der Waals surface area contributed by atoms with Gasteiger partial charge in [0.15, 0.2) is 5.12 Å². The number of carbonyl (C=O) groups is 2. The molecule has 0 saturated heterocycles. The van der Waals surface area contributed by atoms with Gasteiger partial charge in [-0.05, 0) is 11.1 Å². The number of aliphatic hydroxyl groups excluding tert-OH is 2. The van der Waals surface area contributed by atoms with Gasteiger partial charge in [-0.3, -0.25) is 9.59 Å². The van der Waals surface area contributed by atoms with Crippen molar-refractivity contribution in [2.45, 2.75) is 25.6 Å². The fourth-order valence-corrected chi connectivity index (χ4v) is 2.11. The maximum atomic E-state index is 10.8. The number of carboxylic acids is 1. The molecule has 0 radical (unpaired) electrons.